The van der Waals surface area contributed by atoms with Crippen LogP contribution in [0.4, 0.5) is 10.5 Å². The van der Waals surface area contributed by atoms with Crippen molar-refractivity contribution < 1.29 is 4.79 Å². The van der Waals surface area contributed by atoms with Gasteiger partial charge in [-0.05, 0) is 29.5 Å². The molecule has 7 nitrogen and oxygen atoms in total. The molecule has 7 heteroatoms. The molecular weight excluding hydrogens is 208 g/mol. The highest BCUT2D eigenvalue weighted by molar-refractivity contribution is 5.89. The van der Waals surface area contributed by atoms with Gasteiger partial charge in [-0.25, -0.2) is 4.79 Å². The number of H-pyrrole nitrogens is 1. The van der Waals surface area contributed by atoms with Crippen LogP contribution in [0.5, 0.6) is 0 Å². The van der Waals surface area contributed by atoms with Gasteiger partial charge in [0.2, 0.25) is 5.82 Å². The summed E-state index contributed by atoms with van der Waals surface area (Å²) in [7, 11) is 1.56. The summed E-state index contributed by atoms with van der Waals surface area (Å²) in [4.78, 5) is 11.0. The van der Waals surface area contributed by atoms with Gasteiger partial charge in [-0.15, -0.1) is 10.2 Å². The molecule has 3 N–H and O–H groups in total. The molecule has 2 rings (SSSR count). The number of carbonyl (C=O) groups excluding carboxylic acids is 1. The highest BCUT2D eigenvalue weighted by atomic mass is 16.2. The molecule has 0 saturated heterocycles. The van der Waals surface area contributed by atoms with Gasteiger partial charge in [0.15, 0.2) is 0 Å². The third-order valence-electron chi connectivity index (χ3n) is 1.97. The molecule has 0 bridgehead atoms. The minimum absolute atomic E-state index is 0.257. The summed E-state index contributed by atoms with van der Waals surface area (Å²) in [5.74, 6) is 0.520. The molecule has 1 heterocycles. The van der Waals surface area contributed by atoms with Crippen LogP contribution >= 0.6 is 0 Å². The molecule has 0 unspecified atom stereocenters. The second kappa shape index (κ2) is 4.39. The van der Waals surface area contributed by atoms with Crippen molar-refractivity contribution >= 4 is 11.7 Å². The van der Waals surface area contributed by atoms with Gasteiger partial charge in [-0.3, -0.25) is 0 Å². The first-order chi connectivity index (χ1) is 7.79. The zero-order valence-electron chi connectivity index (χ0n) is 8.56. The monoisotopic (exact) mass is 218 g/mol. The van der Waals surface area contributed by atoms with E-state index in [0.29, 0.717) is 11.5 Å². The summed E-state index contributed by atoms with van der Waals surface area (Å²) in [6.07, 6.45) is 0. The van der Waals surface area contributed by atoms with E-state index >= 15 is 0 Å². The normalized spacial score (nSPS) is 9.81. The van der Waals surface area contributed by atoms with E-state index in [1.807, 2.05) is 0 Å². The molecule has 82 valence electrons. The van der Waals surface area contributed by atoms with E-state index in [1.165, 1.54) is 0 Å². The number of nitrogens with one attached hydrogen (secondary N) is 3. The smallest absolute Gasteiger partial charge is 0.318 e. The van der Waals surface area contributed by atoms with Crippen molar-refractivity contribution in [1.82, 2.24) is 25.9 Å². The highest BCUT2D eigenvalue weighted by Gasteiger charge is 2.03. The summed E-state index contributed by atoms with van der Waals surface area (Å²) >= 11 is 0. The molecule has 0 atom stereocenters. The van der Waals surface area contributed by atoms with Crippen LogP contribution in [-0.2, 0) is 0 Å². The molecule has 0 radical (unpaired) electrons. The van der Waals surface area contributed by atoms with Gasteiger partial charge in [0.25, 0.3) is 0 Å². The molecular formula is C9H10N6O. The van der Waals surface area contributed by atoms with E-state index in [2.05, 4.69) is 31.3 Å². The summed E-state index contributed by atoms with van der Waals surface area (Å²) in [5.41, 5.74) is 1.53. The predicted molar refractivity (Wildman–Crippen MR) is 57.7 cm³/mol. The maximum atomic E-state index is 11.0. The Morgan fingerprint density at radius 2 is 2.06 bits per heavy atom. The predicted octanol–water partition coefficient (Wildman–Crippen LogP) is 0.618. The maximum Gasteiger partial charge on any atom is 0.318 e. The summed E-state index contributed by atoms with van der Waals surface area (Å²) in [6, 6.07) is 6.88. The molecule has 2 aromatic rings. The molecule has 0 aliphatic rings. The zero-order chi connectivity index (χ0) is 11.4. The Morgan fingerprint density at radius 1 is 1.31 bits per heavy atom. The van der Waals surface area contributed by atoms with E-state index in [0.717, 1.165) is 5.56 Å². The number of hydrogen-bond acceptors (Lipinski definition) is 4. The van der Waals surface area contributed by atoms with Crippen LogP contribution < -0.4 is 10.6 Å². The van der Waals surface area contributed by atoms with Crippen molar-refractivity contribution in [2.24, 2.45) is 0 Å². The number of rotatable bonds is 2. The van der Waals surface area contributed by atoms with E-state index < -0.39 is 0 Å². The molecule has 2 amide bonds. The topological polar surface area (TPSA) is 95.6 Å². The first kappa shape index (κ1) is 10.1. The number of hydrogen-bond donors (Lipinski definition) is 3. The standard InChI is InChI=1S/C9H10N6O/c1-10-9(16)11-7-4-2-6(3-5-7)8-12-14-15-13-8/h2-5H,1H3,(H2,10,11,16)(H,12,13,14,15). The van der Waals surface area contributed by atoms with Gasteiger partial charge in [0, 0.05) is 18.3 Å². The fourth-order valence-electron chi connectivity index (χ4n) is 1.18. The van der Waals surface area contributed by atoms with Crippen molar-refractivity contribution in [2.45, 2.75) is 0 Å². The summed E-state index contributed by atoms with van der Waals surface area (Å²) < 4.78 is 0. The number of urea groups is 1. The summed E-state index contributed by atoms with van der Waals surface area (Å²) in [5, 5.41) is 18.6. The third-order valence-corrected chi connectivity index (χ3v) is 1.97. The fraction of sp³-hybridized carbons (Fsp3) is 0.111. The number of aromatic nitrogens is 4. The van der Waals surface area contributed by atoms with Gasteiger partial charge in [-0.2, -0.15) is 5.21 Å². The van der Waals surface area contributed by atoms with E-state index in [4.69, 9.17) is 0 Å². The number of anilines is 1. The highest BCUT2D eigenvalue weighted by Crippen LogP contribution is 2.16. The molecule has 0 aliphatic carbocycles. The van der Waals surface area contributed by atoms with Crippen molar-refractivity contribution in [2.75, 3.05) is 12.4 Å². The Balaban J connectivity index is 2.14. The quantitative estimate of drug-likeness (QED) is 0.688. The van der Waals surface area contributed by atoms with Crippen molar-refractivity contribution in [3.05, 3.63) is 24.3 Å². The second-order valence-corrected chi connectivity index (χ2v) is 3.02. The maximum absolute atomic E-state index is 11.0. The minimum Gasteiger partial charge on any atom is -0.341 e. The van der Waals surface area contributed by atoms with Crippen LogP contribution in [-0.4, -0.2) is 33.7 Å². The Bertz CT molecular complexity index is 463. The first-order valence-corrected chi connectivity index (χ1v) is 4.62. The van der Waals surface area contributed by atoms with Crippen LogP contribution in [0.1, 0.15) is 0 Å². The molecule has 0 aliphatic heterocycles. The average molecular weight is 218 g/mol. The summed E-state index contributed by atoms with van der Waals surface area (Å²) in [6.45, 7) is 0. The first-order valence-electron chi connectivity index (χ1n) is 4.62. The Kier molecular flexibility index (Phi) is 2.77. The Hall–Kier alpha value is -2.44. The fourth-order valence-corrected chi connectivity index (χ4v) is 1.18. The molecule has 0 saturated carbocycles. The van der Waals surface area contributed by atoms with Crippen LogP contribution in [0.15, 0.2) is 24.3 Å². The van der Waals surface area contributed by atoms with Crippen LogP contribution in [0.25, 0.3) is 11.4 Å². The van der Waals surface area contributed by atoms with E-state index in [-0.39, 0.29) is 6.03 Å². The lowest BCUT2D eigenvalue weighted by atomic mass is 10.2. The molecule has 0 fully saturated rings. The van der Waals surface area contributed by atoms with Gasteiger partial charge in [-0.1, -0.05) is 0 Å². The van der Waals surface area contributed by atoms with Crippen molar-refractivity contribution in [3.8, 4) is 11.4 Å². The number of amides is 2. The lowest BCUT2D eigenvalue weighted by molar-refractivity contribution is 0.254. The van der Waals surface area contributed by atoms with Gasteiger partial charge in [0.05, 0.1) is 0 Å². The molecule has 16 heavy (non-hydrogen) atoms. The molecule has 1 aromatic heterocycles. The van der Waals surface area contributed by atoms with Crippen LogP contribution in [0.2, 0.25) is 0 Å². The van der Waals surface area contributed by atoms with E-state index in [9.17, 15) is 4.79 Å². The Morgan fingerprint density at radius 3 is 2.62 bits per heavy atom. The second-order valence-electron chi connectivity index (χ2n) is 3.02. The van der Waals surface area contributed by atoms with Crippen LogP contribution in [0.3, 0.4) is 0 Å². The lowest BCUT2D eigenvalue weighted by Gasteiger charge is -2.03. The van der Waals surface area contributed by atoms with Crippen molar-refractivity contribution in [3.63, 3.8) is 0 Å². The number of carbonyl (C=O) groups is 1. The third kappa shape index (κ3) is 2.14. The van der Waals surface area contributed by atoms with Gasteiger partial charge in [0.1, 0.15) is 0 Å². The number of nitrogens with zero attached hydrogens (tertiary/aromatic N) is 3. The SMILES string of the molecule is CNC(=O)Nc1ccc(-c2nn[nH]n2)cc1. The number of benzene rings is 1. The number of aromatic amines is 1. The largest absolute Gasteiger partial charge is 0.341 e. The Labute approximate surface area is 91.3 Å². The number of tetrazole rings is 1. The average Bonchev–Trinajstić information content (AvgIpc) is 2.83. The zero-order valence-corrected chi connectivity index (χ0v) is 8.56. The van der Waals surface area contributed by atoms with Gasteiger partial charge < -0.3 is 10.6 Å². The minimum atomic E-state index is -0.257. The molecule has 0 spiro atoms. The van der Waals surface area contributed by atoms with Crippen molar-refractivity contribution in [1.29, 1.82) is 0 Å². The molecule has 1 aromatic carbocycles. The van der Waals surface area contributed by atoms with Gasteiger partial charge >= 0.3 is 6.03 Å². The van der Waals surface area contributed by atoms with E-state index in [1.54, 1.807) is 31.3 Å². The van der Waals surface area contributed by atoms with Crippen LogP contribution in [0, 0.1) is 0 Å². The lowest BCUT2D eigenvalue weighted by Crippen LogP contribution is -2.24.